The van der Waals surface area contributed by atoms with E-state index in [0.717, 1.165) is 12.8 Å². The molecular formula is C19H17F3N2O4. The molecule has 1 aromatic carbocycles. The number of carbonyl (C=O) groups excluding carboxylic acids is 1. The molecule has 0 spiro atoms. The molecule has 0 aliphatic heterocycles. The number of carboxylic acid groups (broad SMARTS) is 1. The molecule has 3 rings (SSSR count). The highest BCUT2D eigenvalue weighted by Crippen LogP contribution is 2.31. The molecule has 0 atom stereocenters. The number of ether oxygens (including phenoxy) is 1. The van der Waals surface area contributed by atoms with E-state index in [2.05, 4.69) is 10.3 Å². The van der Waals surface area contributed by atoms with Crippen LogP contribution in [0.1, 0.15) is 46.0 Å². The molecular weight excluding hydrogens is 377 g/mol. The number of carbonyl (C=O) groups is 2. The smallest absolute Gasteiger partial charge is 0.341 e. The number of nitrogens with one attached hydrogen (secondary N) is 1. The Morgan fingerprint density at radius 1 is 1.21 bits per heavy atom. The third-order valence-corrected chi connectivity index (χ3v) is 4.38. The summed E-state index contributed by atoms with van der Waals surface area (Å²) in [5.41, 5.74) is -2.66. The van der Waals surface area contributed by atoms with Gasteiger partial charge in [-0.3, -0.25) is 9.78 Å². The van der Waals surface area contributed by atoms with E-state index in [9.17, 15) is 22.8 Å². The van der Waals surface area contributed by atoms with Crippen molar-refractivity contribution in [2.75, 3.05) is 11.9 Å². The lowest BCUT2D eigenvalue weighted by atomic mass is 10.0. The van der Waals surface area contributed by atoms with Crippen molar-refractivity contribution in [2.45, 2.75) is 26.2 Å². The van der Waals surface area contributed by atoms with Crippen LogP contribution in [0.25, 0.3) is 0 Å². The van der Waals surface area contributed by atoms with Gasteiger partial charge in [-0.05, 0) is 31.2 Å². The number of anilines is 1. The molecule has 1 amide bonds. The summed E-state index contributed by atoms with van der Waals surface area (Å²) in [4.78, 5) is 27.5. The van der Waals surface area contributed by atoms with E-state index in [1.807, 2.05) is 0 Å². The molecule has 28 heavy (non-hydrogen) atoms. The molecule has 0 unspecified atom stereocenters. The highest BCUT2D eigenvalue weighted by molar-refractivity contribution is 6.05. The Morgan fingerprint density at radius 2 is 1.93 bits per heavy atom. The topological polar surface area (TPSA) is 88.5 Å². The number of benzene rings is 1. The fourth-order valence-corrected chi connectivity index (χ4v) is 2.66. The lowest BCUT2D eigenvalue weighted by Gasteiger charge is -2.15. The van der Waals surface area contributed by atoms with Crippen molar-refractivity contribution in [3.05, 3.63) is 52.6 Å². The number of amides is 1. The zero-order valence-electron chi connectivity index (χ0n) is 14.9. The maximum atomic E-state index is 14.5. The van der Waals surface area contributed by atoms with Crippen LogP contribution in [0.2, 0.25) is 0 Å². The predicted octanol–water partition coefficient (Wildman–Crippen LogP) is 3.80. The first-order chi connectivity index (χ1) is 13.3. The first-order valence-corrected chi connectivity index (χ1v) is 8.65. The van der Waals surface area contributed by atoms with Crippen molar-refractivity contribution in [2.24, 2.45) is 5.92 Å². The van der Waals surface area contributed by atoms with Crippen LogP contribution in [0.15, 0.2) is 18.5 Å². The average Bonchev–Trinajstić information content (AvgIpc) is 3.49. The Balaban J connectivity index is 1.91. The molecule has 148 valence electrons. The highest BCUT2D eigenvalue weighted by atomic mass is 19.2. The van der Waals surface area contributed by atoms with Crippen LogP contribution in [0.5, 0.6) is 5.75 Å². The quantitative estimate of drug-likeness (QED) is 0.698. The van der Waals surface area contributed by atoms with Crippen LogP contribution in [0, 0.1) is 23.4 Å². The zero-order chi connectivity index (χ0) is 20.4. The van der Waals surface area contributed by atoms with Gasteiger partial charge in [0.2, 0.25) is 0 Å². The van der Waals surface area contributed by atoms with E-state index in [-0.39, 0.29) is 12.0 Å². The van der Waals surface area contributed by atoms with Crippen molar-refractivity contribution in [3.63, 3.8) is 0 Å². The van der Waals surface area contributed by atoms with Gasteiger partial charge in [-0.15, -0.1) is 0 Å². The molecule has 6 nitrogen and oxygen atoms in total. The molecule has 1 saturated carbocycles. The maximum absolute atomic E-state index is 14.5. The summed E-state index contributed by atoms with van der Waals surface area (Å²) in [6.45, 7) is 1.91. The molecule has 1 heterocycles. The summed E-state index contributed by atoms with van der Waals surface area (Å²) < 4.78 is 48.1. The standard InChI is InChI=1S/C19H17F3N2O4/c1-2-12-14(20)15(21)13(19(26)27)16(22)17(12)24-18(25)10-5-11(7-23-6-10)28-8-9-3-4-9/h5-7,9H,2-4,8H2,1H3,(H,24,25)(H,26,27). The molecule has 0 saturated heterocycles. The number of rotatable bonds is 7. The molecule has 2 N–H and O–H groups in total. The van der Waals surface area contributed by atoms with Gasteiger partial charge in [0.05, 0.1) is 24.1 Å². The largest absolute Gasteiger partial charge is 0.492 e. The molecule has 2 aromatic rings. The third kappa shape index (κ3) is 3.92. The van der Waals surface area contributed by atoms with Crippen molar-refractivity contribution in [3.8, 4) is 5.75 Å². The van der Waals surface area contributed by atoms with Gasteiger partial charge >= 0.3 is 5.97 Å². The van der Waals surface area contributed by atoms with E-state index >= 15 is 0 Å². The molecule has 9 heteroatoms. The molecule has 0 bridgehead atoms. The normalized spacial score (nSPS) is 13.3. The van der Waals surface area contributed by atoms with E-state index in [1.165, 1.54) is 25.4 Å². The van der Waals surface area contributed by atoms with Gasteiger partial charge in [-0.2, -0.15) is 0 Å². The monoisotopic (exact) mass is 394 g/mol. The summed E-state index contributed by atoms with van der Waals surface area (Å²) >= 11 is 0. The van der Waals surface area contributed by atoms with E-state index < -0.39 is 46.1 Å². The van der Waals surface area contributed by atoms with Gasteiger partial charge in [-0.1, -0.05) is 6.92 Å². The van der Waals surface area contributed by atoms with Gasteiger partial charge in [-0.25, -0.2) is 18.0 Å². The zero-order valence-corrected chi connectivity index (χ0v) is 14.9. The van der Waals surface area contributed by atoms with Gasteiger partial charge in [0.1, 0.15) is 11.3 Å². The Kier molecular flexibility index (Phi) is 5.53. The van der Waals surface area contributed by atoms with Crippen molar-refractivity contribution >= 4 is 17.6 Å². The number of pyridine rings is 1. The fourth-order valence-electron chi connectivity index (χ4n) is 2.66. The predicted molar refractivity (Wildman–Crippen MR) is 93.1 cm³/mol. The Morgan fingerprint density at radius 3 is 2.54 bits per heavy atom. The molecule has 1 fully saturated rings. The third-order valence-electron chi connectivity index (χ3n) is 4.38. The highest BCUT2D eigenvalue weighted by Gasteiger charge is 2.29. The van der Waals surface area contributed by atoms with Crippen LogP contribution >= 0.6 is 0 Å². The van der Waals surface area contributed by atoms with E-state index in [1.54, 1.807) is 0 Å². The average molecular weight is 394 g/mol. The fraction of sp³-hybridized carbons (Fsp3) is 0.316. The second-order valence-corrected chi connectivity index (χ2v) is 6.45. The Bertz CT molecular complexity index is 945. The molecule has 1 aliphatic rings. The van der Waals surface area contributed by atoms with Crippen molar-refractivity contribution in [1.82, 2.24) is 4.98 Å². The lowest BCUT2D eigenvalue weighted by molar-refractivity contribution is 0.0684. The van der Waals surface area contributed by atoms with Crippen molar-refractivity contribution < 1.29 is 32.6 Å². The molecule has 1 aromatic heterocycles. The van der Waals surface area contributed by atoms with Gasteiger partial charge in [0.15, 0.2) is 17.5 Å². The summed E-state index contributed by atoms with van der Waals surface area (Å²) in [5.74, 6) is -6.90. The first kappa shape index (κ1) is 19.7. The summed E-state index contributed by atoms with van der Waals surface area (Å²) in [5, 5.41) is 11.1. The number of hydrogen-bond donors (Lipinski definition) is 2. The second kappa shape index (κ2) is 7.87. The Hall–Kier alpha value is -3.10. The SMILES string of the molecule is CCc1c(F)c(F)c(C(=O)O)c(F)c1NC(=O)c1cncc(OCC2CC2)c1. The van der Waals surface area contributed by atoms with E-state index in [4.69, 9.17) is 9.84 Å². The van der Waals surface area contributed by atoms with Crippen LogP contribution in [0.3, 0.4) is 0 Å². The summed E-state index contributed by atoms with van der Waals surface area (Å²) in [6.07, 6.45) is 4.60. The number of halogens is 3. The summed E-state index contributed by atoms with van der Waals surface area (Å²) in [7, 11) is 0. The molecule has 0 radical (unpaired) electrons. The lowest BCUT2D eigenvalue weighted by Crippen LogP contribution is -2.19. The first-order valence-electron chi connectivity index (χ1n) is 8.65. The number of aromatic nitrogens is 1. The second-order valence-electron chi connectivity index (χ2n) is 6.45. The minimum absolute atomic E-state index is 0.00337. The number of hydrogen-bond acceptors (Lipinski definition) is 4. The van der Waals surface area contributed by atoms with Crippen LogP contribution in [0.4, 0.5) is 18.9 Å². The van der Waals surface area contributed by atoms with Gasteiger partial charge < -0.3 is 15.2 Å². The van der Waals surface area contributed by atoms with Gasteiger partial charge in [0, 0.05) is 11.8 Å². The Labute approximate surface area is 158 Å². The number of nitrogens with zero attached hydrogens (tertiary/aromatic N) is 1. The minimum Gasteiger partial charge on any atom is -0.492 e. The maximum Gasteiger partial charge on any atom is 0.341 e. The minimum atomic E-state index is -1.98. The van der Waals surface area contributed by atoms with Crippen LogP contribution in [-0.2, 0) is 6.42 Å². The van der Waals surface area contributed by atoms with Crippen LogP contribution in [-0.4, -0.2) is 28.6 Å². The van der Waals surface area contributed by atoms with E-state index in [0.29, 0.717) is 18.3 Å². The van der Waals surface area contributed by atoms with Gasteiger partial charge in [0.25, 0.3) is 5.91 Å². The molecule has 1 aliphatic carbocycles. The van der Waals surface area contributed by atoms with Crippen molar-refractivity contribution in [1.29, 1.82) is 0 Å². The van der Waals surface area contributed by atoms with Crippen LogP contribution < -0.4 is 10.1 Å². The number of aromatic carboxylic acids is 1. The number of carboxylic acids is 1. The summed E-state index contributed by atoms with van der Waals surface area (Å²) in [6, 6.07) is 1.38.